The fourth-order valence-electron chi connectivity index (χ4n) is 1.69. The fourth-order valence-corrected chi connectivity index (χ4v) is 2.03. The van der Waals surface area contributed by atoms with E-state index >= 15 is 0 Å². The van der Waals surface area contributed by atoms with Gasteiger partial charge in [0.05, 0.1) is 12.2 Å². The molecule has 0 aliphatic rings. The summed E-state index contributed by atoms with van der Waals surface area (Å²) in [5.74, 6) is 0. The quantitative estimate of drug-likeness (QED) is 0.899. The van der Waals surface area contributed by atoms with E-state index in [1.165, 1.54) is 10.5 Å². The predicted molar refractivity (Wildman–Crippen MR) is 82.2 cm³/mol. The number of alkyl carbamates (subject to hydrolysis) is 1. The normalized spacial score (nSPS) is 11.4. The Morgan fingerprint density at radius 3 is 2.81 bits per heavy atom. The zero-order valence-corrected chi connectivity index (χ0v) is 13.6. The summed E-state index contributed by atoms with van der Waals surface area (Å²) in [5.41, 5.74) is 0.231. The van der Waals surface area contributed by atoms with Crippen LogP contribution in [0, 0.1) is 0 Å². The Hall–Kier alpha value is -1.89. The van der Waals surface area contributed by atoms with E-state index in [0.717, 1.165) is 4.47 Å². The van der Waals surface area contributed by atoms with Crippen molar-refractivity contribution in [2.24, 2.45) is 0 Å². The average Bonchev–Trinajstić information content (AvgIpc) is 2.35. The van der Waals surface area contributed by atoms with Gasteiger partial charge in [0.1, 0.15) is 11.2 Å². The van der Waals surface area contributed by atoms with Crippen LogP contribution in [0.15, 0.2) is 33.7 Å². The summed E-state index contributed by atoms with van der Waals surface area (Å²) in [4.78, 5) is 27.9. The smallest absolute Gasteiger partial charge is 0.407 e. The minimum Gasteiger partial charge on any atom is -0.444 e. The molecule has 1 amide bonds. The van der Waals surface area contributed by atoms with E-state index in [1.807, 2.05) is 0 Å². The first-order valence-electron chi connectivity index (χ1n) is 6.39. The zero-order valence-electron chi connectivity index (χ0n) is 12.0. The third-order valence-electron chi connectivity index (χ3n) is 2.49. The van der Waals surface area contributed by atoms with Crippen molar-refractivity contribution in [3.63, 3.8) is 0 Å². The van der Waals surface area contributed by atoms with E-state index in [0.29, 0.717) is 11.3 Å². The molecule has 6 nitrogen and oxygen atoms in total. The van der Waals surface area contributed by atoms with Crippen molar-refractivity contribution in [3.05, 3.63) is 44.9 Å². The molecule has 1 N–H and O–H groups in total. The van der Waals surface area contributed by atoms with Crippen molar-refractivity contribution in [3.8, 4) is 0 Å². The second-order valence-corrected chi connectivity index (χ2v) is 6.43. The molecule has 0 aliphatic heterocycles. The summed E-state index contributed by atoms with van der Waals surface area (Å²) >= 11 is 3.30. The number of amides is 1. The van der Waals surface area contributed by atoms with Crippen molar-refractivity contribution in [2.45, 2.75) is 32.9 Å². The maximum absolute atomic E-state index is 12.0. The molecular weight excluding hydrogens is 338 g/mol. The molecular formula is C14H16BrN3O3. The Bertz CT molecular complexity index is 734. The van der Waals surface area contributed by atoms with Gasteiger partial charge in [-0.25, -0.2) is 9.78 Å². The first kappa shape index (κ1) is 15.5. The van der Waals surface area contributed by atoms with Gasteiger partial charge < -0.3 is 10.1 Å². The maximum Gasteiger partial charge on any atom is 0.407 e. The van der Waals surface area contributed by atoms with E-state index in [2.05, 4.69) is 26.2 Å². The highest BCUT2D eigenvalue weighted by atomic mass is 79.9. The molecule has 0 radical (unpaired) electrons. The number of carbonyl (C=O) groups is 1. The Morgan fingerprint density at radius 2 is 2.14 bits per heavy atom. The topological polar surface area (TPSA) is 72.7 Å². The third kappa shape index (κ3) is 4.29. The molecule has 0 fully saturated rings. The summed E-state index contributed by atoms with van der Waals surface area (Å²) < 4.78 is 7.35. The summed E-state index contributed by atoms with van der Waals surface area (Å²) in [6, 6.07) is 4.91. The van der Waals surface area contributed by atoms with E-state index in [1.54, 1.807) is 39.1 Å². The van der Waals surface area contributed by atoms with Gasteiger partial charge >= 0.3 is 6.09 Å². The van der Waals surface area contributed by atoms with E-state index in [9.17, 15) is 9.59 Å². The van der Waals surface area contributed by atoms with Crippen molar-refractivity contribution < 1.29 is 9.53 Å². The van der Waals surface area contributed by atoms with Gasteiger partial charge in [0.2, 0.25) is 0 Å². The number of pyridine rings is 1. The SMILES string of the molecule is CC(C)(C)OC(=O)NCc1cc(=O)n2cc(Br)ccc2n1. The van der Waals surface area contributed by atoms with Crippen LogP contribution in [0.5, 0.6) is 0 Å². The highest BCUT2D eigenvalue weighted by Gasteiger charge is 2.16. The molecule has 0 bridgehead atoms. The lowest BCUT2D eigenvalue weighted by molar-refractivity contribution is 0.0523. The minimum absolute atomic E-state index is 0.136. The Morgan fingerprint density at radius 1 is 1.43 bits per heavy atom. The largest absolute Gasteiger partial charge is 0.444 e. The Kier molecular flexibility index (Phi) is 4.32. The molecule has 0 spiro atoms. The van der Waals surface area contributed by atoms with Gasteiger partial charge in [0.15, 0.2) is 0 Å². The number of carbonyl (C=O) groups excluding carboxylic acids is 1. The maximum atomic E-state index is 12.0. The van der Waals surface area contributed by atoms with Gasteiger partial charge in [0, 0.05) is 16.7 Å². The summed E-state index contributed by atoms with van der Waals surface area (Å²) in [6.07, 6.45) is 1.11. The number of rotatable bonds is 2. The summed E-state index contributed by atoms with van der Waals surface area (Å²) in [7, 11) is 0. The van der Waals surface area contributed by atoms with Crippen LogP contribution in [0.3, 0.4) is 0 Å². The number of hydrogen-bond donors (Lipinski definition) is 1. The lowest BCUT2D eigenvalue weighted by Crippen LogP contribution is -2.32. The standard InChI is InChI=1S/C14H16BrN3O3/c1-14(2,3)21-13(20)16-7-10-6-12(19)18-8-9(15)4-5-11(18)17-10/h4-6,8H,7H2,1-3H3,(H,16,20). The van der Waals surface area contributed by atoms with Crippen LogP contribution in [0.4, 0.5) is 4.79 Å². The molecule has 0 saturated heterocycles. The molecule has 2 rings (SSSR count). The number of nitrogens with zero attached hydrogens (tertiary/aromatic N) is 2. The van der Waals surface area contributed by atoms with Gasteiger partial charge in [-0.2, -0.15) is 0 Å². The lowest BCUT2D eigenvalue weighted by atomic mass is 10.2. The number of ether oxygens (including phenoxy) is 1. The monoisotopic (exact) mass is 353 g/mol. The van der Waals surface area contributed by atoms with Crippen LogP contribution in [0.25, 0.3) is 5.65 Å². The first-order chi connectivity index (χ1) is 9.74. The summed E-state index contributed by atoms with van der Waals surface area (Å²) in [6.45, 7) is 5.48. The van der Waals surface area contributed by atoms with Crippen LogP contribution >= 0.6 is 15.9 Å². The number of hydrogen-bond acceptors (Lipinski definition) is 4. The summed E-state index contributed by atoms with van der Waals surface area (Å²) in [5, 5.41) is 2.58. The molecule has 0 aromatic carbocycles. The molecule has 21 heavy (non-hydrogen) atoms. The lowest BCUT2D eigenvalue weighted by Gasteiger charge is -2.19. The predicted octanol–water partition coefficient (Wildman–Crippen LogP) is 2.48. The second-order valence-electron chi connectivity index (χ2n) is 5.52. The fraction of sp³-hybridized carbons (Fsp3) is 0.357. The molecule has 0 atom stereocenters. The molecule has 7 heteroatoms. The zero-order chi connectivity index (χ0) is 15.6. The van der Waals surface area contributed by atoms with Crippen molar-refractivity contribution in [1.82, 2.24) is 14.7 Å². The Balaban J connectivity index is 2.15. The molecule has 112 valence electrons. The van der Waals surface area contributed by atoms with E-state index in [-0.39, 0.29) is 12.1 Å². The van der Waals surface area contributed by atoms with Gasteiger partial charge in [-0.3, -0.25) is 9.20 Å². The number of nitrogens with one attached hydrogen (secondary N) is 1. The van der Waals surface area contributed by atoms with Gasteiger partial charge in [-0.05, 0) is 48.8 Å². The highest BCUT2D eigenvalue weighted by Crippen LogP contribution is 2.10. The molecule has 2 aromatic rings. The van der Waals surface area contributed by atoms with Crippen LogP contribution in [0.2, 0.25) is 0 Å². The van der Waals surface area contributed by atoms with Crippen LogP contribution in [0.1, 0.15) is 26.5 Å². The van der Waals surface area contributed by atoms with Crippen molar-refractivity contribution in [1.29, 1.82) is 0 Å². The van der Waals surface area contributed by atoms with Crippen LogP contribution in [-0.4, -0.2) is 21.1 Å². The molecule has 2 heterocycles. The number of halogens is 1. The average molecular weight is 354 g/mol. The Labute approximate surface area is 130 Å². The number of aromatic nitrogens is 2. The molecule has 2 aromatic heterocycles. The van der Waals surface area contributed by atoms with E-state index < -0.39 is 11.7 Å². The number of fused-ring (bicyclic) bond motifs is 1. The van der Waals surface area contributed by atoms with Crippen LogP contribution in [-0.2, 0) is 11.3 Å². The van der Waals surface area contributed by atoms with Crippen molar-refractivity contribution >= 4 is 27.7 Å². The second kappa shape index (κ2) is 5.85. The minimum atomic E-state index is -0.563. The van der Waals surface area contributed by atoms with Gasteiger partial charge in [-0.15, -0.1) is 0 Å². The van der Waals surface area contributed by atoms with Crippen LogP contribution < -0.4 is 10.9 Å². The third-order valence-corrected chi connectivity index (χ3v) is 2.96. The molecule has 0 saturated carbocycles. The highest BCUT2D eigenvalue weighted by molar-refractivity contribution is 9.10. The first-order valence-corrected chi connectivity index (χ1v) is 7.18. The molecule has 0 aliphatic carbocycles. The van der Waals surface area contributed by atoms with Crippen molar-refractivity contribution in [2.75, 3.05) is 0 Å². The van der Waals surface area contributed by atoms with Gasteiger partial charge in [-0.1, -0.05) is 0 Å². The molecule has 0 unspecified atom stereocenters. The van der Waals surface area contributed by atoms with E-state index in [4.69, 9.17) is 4.74 Å². The van der Waals surface area contributed by atoms with Gasteiger partial charge in [0.25, 0.3) is 5.56 Å².